The second kappa shape index (κ2) is 4.43. The van der Waals surface area contributed by atoms with E-state index in [-0.39, 0.29) is 12.4 Å². The van der Waals surface area contributed by atoms with Gasteiger partial charge in [0.25, 0.3) is 0 Å². The molecule has 15 heavy (non-hydrogen) atoms. The Bertz CT molecular complexity index is 317. The third-order valence-corrected chi connectivity index (χ3v) is 2.92. The van der Waals surface area contributed by atoms with Gasteiger partial charge in [-0.3, -0.25) is 9.59 Å². The third kappa shape index (κ3) is 1.87. The molecule has 0 aliphatic heterocycles. The zero-order chi connectivity index (χ0) is 11.5. The second-order valence-electron chi connectivity index (χ2n) is 3.81. The summed E-state index contributed by atoms with van der Waals surface area (Å²) in [5.74, 6) is -0.642. The van der Waals surface area contributed by atoms with Gasteiger partial charge < -0.3 is 4.74 Å². The summed E-state index contributed by atoms with van der Waals surface area (Å²) in [7, 11) is 0. The van der Waals surface area contributed by atoms with Crippen molar-refractivity contribution < 1.29 is 14.3 Å². The lowest BCUT2D eigenvalue weighted by Gasteiger charge is -2.24. The Morgan fingerprint density at radius 1 is 1.60 bits per heavy atom. The van der Waals surface area contributed by atoms with Crippen molar-refractivity contribution in [3.8, 4) is 0 Å². The number of rotatable bonds is 4. The van der Waals surface area contributed by atoms with Gasteiger partial charge in [-0.05, 0) is 26.2 Å². The molecule has 3 heteroatoms. The summed E-state index contributed by atoms with van der Waals surface area (Å²) in [6.45, 7) is 8.83. The molecule has 1 aliphatic carbocycles. The number of esters is 1. The quantitative estimate of drug-likeness (QED) is 0.403. The van der Waals surface area contributed by atoms with Crippen molar-refractivity contribution in [2.45, 2.75) is 26.2 Å². The predicted octanol–water partition coefficient (Wildman–Crippen LogP) is 2.03. The zero-order valence-electron chi connectivity index (χ0n) is 9.04. The molecule has 1 aliphatic rings. The largest absolute Gasteiger partial charge is 0.460 e. The van der Waals surface area contributed by atoms with Crippen LogP contribution in [0.4, 0.5) is 0 Å². The molecule has 0 aromatic carbocycles. The number of hydrogen-bond acceptors (Lipinski definition) is 3. The van der Waals surface area contributed by atoms with Crippen LogP contribution < -0.4 is 0 Å². The average molecular weight is 208 g/mol. The summed E-state index contributed by atoms with van der Waals surface area (Å²) in [5.41, 5.74) is -0.396. The number of carbonyl (C=O) groups is 2. The van der Waals surface area contributed by atoms with Crippen LogP contribution >= 0.6 is 0 Å². The summed E-state index contributed by atoms with van der Waals surface area (Å²) in [6, 6.07) is 0. The molecule has 3 nitrogen and oxygen atoms in total. The van der Waals surface area contributed by atoms with Crippen LogP contribution in [-0.4, -0.2) is 18.4 Å². The molecule has 1 rings (SSSR count). The zero-order valence-corrected chi connectivity index (χ0v) is 9.04. The fourth-order valence-corrected chi connectivity index (χ4v) is 2.03. The van der Waals surface area contributed by atoms with E-state index in [0.717, 1.165) is 12.8 Å². The lowest BCUT2D eigenvalue weighted by Crippen LogP contribution is -2.38. The van der Waals surface area contributed by atoms with Crippen molar-refractivity contribution >= 4 is 11.8 Å². The van der Waals surface area contributed by atoms with E-state index in [0.29, 0.717) is 12.0 Å². The summed E-state index contributed by atoms with van der Waals surface area (Å²) in [4.78, 5) is 23.4. The first-order chi connectivity index (χ1) is 7.05. The molecule has 0 spiro atoms. The van der Waals surface area contributed by atoms with E-state index < -0.39 is 11.4 Å². The predicted molar refractivity (Wildman–Crippen MR) is 57.3 cm³/mol. The Hall–Kier alpha value is -1.38. The van der Waals surface area contributed by atoms with Crippen molar-refractivity contribution in [2.24, 2.45) is 5.41 Å². The van der Waals surface area contributed by atoms with Crippen molar-refractivity contribution in [1.29, 1.82) is 0 Å². The maximum atomic E-state index is 11.8. The van der Waals surface area contributed by atoms with Gasteiger partial charge in [0.15, 0.2) is 5.78 Å². The van der Waals surface area contributed by atoms with E-state index in [9.17, 15) is 9.59 Å². The molecule has 0 heterocycles. The van der Waals surface area contributed by atoms with Crippen LogP contribution in [0.3, 0.4) is 0 Å². The van der Waals surface area contributed by atoms with Crippen LogP contribution in [0, 0.1) is 5.41 Å². The number of carbonyl (C=O) groups excluding carboxylic acids is 2. The lowest BCUT2D eigenvalue weighted by atomic mass is 9.79. The van der Waals surface area contributed by atoms with Crippen LogP contribution in [-0.2, 0) is 14.3 Å². The van der Waals surface area contributed by atoms with Crippen LogP contribution in [0.1, 0.15) is 26.2 Å². The van der Waals surface area contributed by atoms with Gasteiger partial charge in [-0.1, -0.05) is 24.8 Å². The molecule has 1 saturated carbocycles. The highest BCUT2D eigenvalue weighted by molar-refractivity contribution is 6.06. The first kappa shape index (κ1) is 11.7. The molecule has 1 fully saturated rings. The van der Waals surface area contributed by atoms with Crippen molar-refractivity contribution in [3.63, 3.8) is 0 Å². The van der Waals surface area contributed by atoms with Crippen molar-refractivity contribution in [1.82, 2.24) is 0 Å². The second-order valence-corrected chi connectivity index (χ2v) is 3.81. The Labute approximate surface area is 89.8 Å². The molecule has 0 radical (unpaired) electrons. The Morgan fingerprint density at radius 2 is 2.27 bits per heavy atom. The average Bonchev–Trinajstić information content (AvgIpc) is 2.57. The SMILES string of the molecule is C=CCOC(=O)C1(C(C)=O)CCCC1=C. The summed E-state index contributed by atoms with van der Waals surface area (Å²) >= 11 is 0. The molecule has 0 N–H and O–H groups in total. The summed E-state index contributed by atoms with van der Waals surface area (Å²) in [5, 5.41) is 0. The molecule has 0 aromatic heterocycles. The van der Waals surface area contributed by atoms with E-state index >= 15 is 0 Å². The molecule has 1 atom stereocenters. The van der Waals surface area contributed by atoms with Crippen LogP contribution in [0.2, 0.25) is 0 Å². The van der Waals surface area contributed by atoms with Gasteiger partial charge in [0.05, 0.1) is 0 Å². The number of ether oxygens (including phenoxy) is 1. The molecule has 0 bridgehead atoms. The van der Waals surface area contributed by atoms with E-state index in [4.69, 9.17) is 4.74 Å². The first-order valence-electron chi connectivity index (χ1n) is 5.03. The first-order valence-corrected chi connectivity index (χ1v) is 5.03. The highest BCUT2D eigenvalue weighted by Crippen LogP contribution is 2.43. The van der Waals surface area contributed by atoms with Crippen LogP contribution in [0.25, 0.3) is 0 Å². The van der Waals surface area contributed by atoms with E-state index in [2.05, 4.69) is 13.2 Å². The molecule has 82 valence electrons. The van der Waals surface area contributed by atoms with Gasteiger partial charge in [0.2, 0.25) is 0 Å². The normalized spacial score (nSPS) is 25.0. The molecule has 0 saturated heterocycles. The van der Waals surface area contributed by atoms with Gasteiger partial charge in [0.1, 0.15) is 12.0 Å². The molecular formula is C12H16O3. The summed E-state index contributed by atoms with van der Waals surface area (Å²) < 4.78 is 4.97. The van der Waals surface area contributed by atoms with Gasteiger partial charge in [-0.15, -0.1) is 0 Å². The Morgan fingerprint density at radius 3 is 2.67 bits per heavy atom. The maximum absolute atomic E-state index is 11.8. The fourth-order valence-electron chi connectivity index (χ4n) is 2.03. The highest BCUT2D eigenvalue weighted by Gasteiger charge is 2.49. The highest BCUT2D eigenvalue weighted by atomic mass is 16.5. The van der Waals surface area contributed by atoms with Crippen LogP contribution in [0.15, 0.2) is 24.8 Å². The van der Waals surface area contributed by atoms with Gasteiger partial charge in [0, 0.05) is 0 Å². The minimum absolute atomic E-state index is 0.140. The maximum Gasteiger partial charge on any atom is 0.324 e. The molecule has 0 aromatic rings. The minimum Gasteiger partial charge on any atom is -0.460 e. The monoisotopic (exact) mass is 208 g/mol. The fraction of sp³-hybridized carbons (Fsp3) is 0.500. The Kier molecular flexibility index (Phi) is 3.45. The third-order valence-electron chi connectivity index (χ3n) is 2.92. The standard InChI is InChI=1S/C12H16O3/c1-4-8-15-11(14)12(10(3)13)7-5-6-9(12)2/h4H,1-2,5-8H2,3H3. The van der Waals surface area contributed by atoms with Crippen molar-refractivity contribution in [2.75, 3.05) is 6.61 Å². The van der Waals surface area contributed by atoms with Crippen molar-refractivity contribution in [3.05, 3.63) is 24.8 Å². The minimum atomic E-state index is -1.08. The van der Waals surface area contributed by atoms with E-state index in [1.807, 2.05) is 0 Å². The number of hydrogen-bond donors (Lipinski definition) is 0. The summed E-state index contributed by atoms with van der Waals surface area (Å²) in [6.07, 6.45) is 3.56. The van der Waals surface area contributed by atoms with E-state index in [1.165, 1.54) is 13.0 Å². The van der Waals surface area contributed by atoms with E-state index in [1.54, 1.807) is 0 Å². The van der Waals surface area contributed by atoms with Gasteiger partial charge in [-0.2, -0.15) is 0 Å². The smallest absolute Gasteiger partial charge is 0.324 e. The molecular weight excluding hydrogens is 192 g/mol. The molecule has 0 amide bonds. The van der Waals surface area contributed by atoms with Gasteiger partial charge >= 0.3 is 5.97 Å². The van der Waals surface area contributed by atoms with Crippen LogP contribution in [0.5, 0.6) is 0 Å². The van der Waals surface area contributed by atoms with Gasteiger partial charge in [-0.25, -0.2) is 0 Å². The number of ketones is 1. The topological polar surface area (TPSA) is 43.4 Å². The molecule has 1 unspecified atom stereocenters. The Balaban J connectivity index is 2.91. The number of Topliss-reactive ketones (excluding diaryl/α,β-unsaturated/α-hetero) is 1. The lowest BCUT2D eigenvalue weighted by molar-refractivity contribution is -0.155.